The van der Waals surface area contributed by atoms with Gasteiger partial charge in [-0.05, 0) is 6.07 Å². The van der Waals surface area contributed by atoms with Gasteiger partial charge in [0.25, 0.3) is 15.8 Å². The third kappa shape index (κ3) is 3.89. The minimum absolute atomic E-state index is 0.347. The zero-order valence-electron chi connectivity index (χ0n) is 9.79. The van der Waals surface area contributed by atoms with Crippen LogP contribution in [0.5, 0.6) is 0 Å². The number of nitrogens with two attached hydrogens (primary N) is 3. The summed E-state index contributed by atoms with van der Waals surface area (Å²) in [6.45, 7) is 0. The molecule has 20 heavy (non-hydrogen) atoms. The number of hydrogen-bond acceptors (Lipinski definition) is 5. The molecule has 11 nitrogen and oxygen atoms in total. The number of benzene rings is 1. The van der Waals surface area contributed by atoms with Gasteiger partial charge in [-0.15, -0.1) is 0 Å². The Hall–Kier alpha value is -2.73. The standard InChI is InChI=1S/C8H10N6O5S/c9-7(10)13-8(11)12-5-2-1-4(14(15)16)3-6(5)20(17,18)19/h1-3H,(H,17,18,19)(H6,9,10,11,12,13). The van der Waals surface area contributed by atoms with Crippen molar-refractivity contribution in [2.24, 2.45) is 27.2 Å². The molecule has 0 aliphatic heterocycles. The Labute approximate surface area is 112 Å². The van der Waals surface area contributed by atoms with Crippen LogP contribution in [0.3, 0.4) is 0 Å². The van der Waals surface area contributed by atoms with Crippen LogP contribution >= 0.6 is 0 Å². The molecular weight excluding hydrogens is 292 g/mol. The Morgan fingerprint density at radius 3 is 2.35 bits per heavy atom. The van der Waals surface area contributed by atoms with E-state index in [1.165, 1.54) is 0 Å². The van der Waals surface area contributed by atoms with Crippen molar-refractivity contribution in [1.82, 2.24) is 0 Å². The van der Waals surface area contributed by atoms with Crippen LogP contribution < -0.4 is 17.2 Å². The van der Waals surface area contributed by atoms with Crippen LogP contribution in [0.2, 0.25) is 0 Å². The van der Waals surface area contributed by atoms with Crippen molar-refractivity contribution in [2.45, 2.75) is 4.90 Å². The molecule has 0 saturated carbocycles. The molecule has 0 saturated heterocycles. The van der Waals surface area contributed by atoms with E-state index in [1.807, 2.05) is 0 Å². The Kier molecular flexibility index (Phi) is 4.21. The van der Waals surface area contributed by atoms with E-state index < -0.39 is 37.5 Å². The second-order valence-corrected chi connectivity index (χ2v) is 4.78. The number of nitro groups is 1. The Morgan fingerprint density at radius 2 is 1.90 bits per heavy atom. The number of nitro benzene ring substituents is 1. The SMILES string of the molecule is NC(N)=NC(N)=Nc1ccc([N+](=O)[O-])cc1S(=O)(=O)O. The van der Waals surface area contributed by atoms with E-state index in [2.05, 4.69) is 9.98 Å². The van der Waals surface area contributed by atoms with E-state index >= 15 is 0 Å². The van der Waals surface area contributed by atoms with Crippen LogP contribution in [0.1, 0.15) is 0 Å². The van der Waals surface area contributed by atoms with Crippen LogP contribution in [-0.2, 0) is 10.1 Å². The first kappa shape index (κ1) is 15.3. The van der Waals surface area contributed by atoms with Gasteiger partial charge in [0.1, 0.15) is 4.90 Å². The normalized spacial score (nSPS) is 11.9. The summed E-state index contributed by atoms with van der Waals surface area (Å²) in [5, 5.41) is 10.6. The first-order valence-electron chi connectivity index (χ1n) is 4.81. The van der Waals surface area contributed by atoms with Crippen LogP contribution in [0.4, 0.5) is 11.4 Å². The maximum Gasteiger partial charge on any atom is 0.296 e. The summed E-state index contributed by atoms with van der Waals surface area (Å²) >= 11 is 0. The van der Waals surface area contributed by atoms with Gasteiger partial charge in [-0.1, -0.05) is 0 Å². The largest absolute Gasteiger partial charge is 0.370 e. The number of non-ortho nitro benzene ring substituents is 1. The highest BCUT2D eigenvalue weighted by Gasteiger charge is 2.20. The van der Waals surface area contributed by atoms with E-state index in [9.17, 15) is 18.5 Å². The van der Waals surface area contributed by atoms with Gasteiger partial charge in [0.15, 0.2) is 5.96 Å². The average Bonchev–Trinajstić information content (AvgIpc) is 2.26. The summed E-state index contributed by atoms with van der Waals surface area (Å²) in [6.07, 6.45) is 0. The van der Waals surface area contributed by atoms with Gasteiger partial charge in [0.05, 0.1) is 10.6 Å². The fourth-order valence-electron chi connectivity index (χ4n) is 1.20. The second kappa shape index (κ2) is 5.50. The lowest BCUT2D eigenvalue weighted by molar-refractivity contribution is -0.385. The molecule has 12 heteroatoms. The highest BCUT2D eigenvalue weighted by Crippen LogP contribution is 2.28. The van der Waals surface area contributed by atoms with Gasteiger partial charge in [0.2, 0.25) is 5.96 Å². The van der Waals surface area contributed by atoms with E-state index in [0.717, 1.165) is 12.1 Å². The molecule has 0 aromatic heterocycles. The predicted octanol–water partition coefficient (Wildman–Crippen LogP) is -0.939. The van der Waals surface area contributed by atoms with Gasteiger partial charge >= 0.3 is 0 Å². The molecule has 0 spiro atoms. The van der Waals surface area contributed by atoms with Gasteiger partial charge in [0, 0.05) is 12.1 Å². The van der Waals surface area contributed by atoms with Crippen LogP contribution in [-0.4, -0.2) is 29.8 Å². The Bertz CT molecular complexity index is 706. The molecule has 0 aliphatic carbocycles. The highest BCUT2D eigenvalue weighted by atomic mass is 32.2. The zero-order chi connectivity index (χ0) is 15.5. The Balaban J connectivity index is 3.49. The lowest BCUT2D eigenvalue weighted by atomic mass is 10.3. The minimum atomic E-state index is -4.74. The quantitative estimate of drug-likeness (QED) is 0.180. The monoisotopic (exact) mass is 302 g/mol. The molecule has 1 rings (SSSR count). The maximum absolute atomic E-state index is 11.2. The minimum Gasteiger partial charge on any atom is -0.370 e. The smallest absolute Gasteiger partial charge is 0.296 e. The molecule has 0 aliphatic rings. The molecule has 0 bridgehead atoms. The van der Waals surface area contributed by atoms with Crippen molar-refractivity contribution in [3.05, 3.63) is 28.3 Å². The second-order valence-electron chi connectivity index (χ2n) is 3.39. The predicted molar refractivity (Wildman–Crippen MR) is 70.0 cm³/mol. The van der Waals surface area contributed by atoms with Crippen molar-refractivity contribution in [2.75, 3.05) is 0 Å². The zero-order valence-corrected chi connectivity index (χ0v) is 10.6. The third-order valence-corrected chi connectivity index (χ3v) is 2.79. The van der Waals surface area contributed by atoms with E-state index in [0.29, 0.717) is 6.07 Å². The molecule has 1 aromatic rings. The summed E-state index contributed by atoms with van der Waals surface area (Å²) < 4.78 is 31.4. The van der Waals surface area contributed by atoms with E-state index in [-0.39, 0.29) is 5.69 Å². The number of aliphatic imine (C=N–C) groups is 2. The summed E-state index contributed by atoms with van der Waals surface area (Å²) in [6, 6.07) is 2.60. The van der Waals surface area contributed by atoms with Crippen molar-refractivity contribution in [1.29, 1.82) is 0 Å². The van der Waals surface area contributed by atoms with Crippen molar-refractivity contribution < 1.29 is 17.9 Å². The average molecular weight is 302 g/mol. The number of guanidine groups is 2. The molecule has 0 radical (unpaired) electrons. The fourth-order valence-corrected chi connectivity index (χ4v) is 1.84. The summed E-state index contributed by atoms with van der Waals surface area (Å²) in [5.41, 5.74) is 14.5. The fraction of sp³-hybridized carbons (Fsp3) is 0. The number of hydrogen-bond donors (Lipinski definition) is 4. The lowest BCUT2D eigenvalue weighted by Crippen LogP contribution is -2.26. The van der Waals surface area contributed by atoms with Crippen LogP contribution in [0, 0.1) is 10.1 Å². The molecule has 7 N–H and O–H groups in total. The molecule has 0 atom stereocenters. The summed E-state index contributed by atoms with van der Waals surface area (Å²) in [7, 11) is -4.74. The Morgan fingerprint density at radius 1 is 1.30 bits per heavy atom. The van der Waals surface area contributed by atoms with Gasteiger partial charge in [-0.25, -0.2) is 4.99 Å². The molecule has 0 amide bonds. The molecule has 1 aromatic carbocycles. The van der Waals surface area contributed by atoms with Crippen LogP contribution in [0.15, 0.2) is 33.1 Å². The van der Waals surface area contributed by atoms with Crippen LogP contribution in [0.25, 0.3) is 0 Å². The number of rotatable bonds is 3. The highest BCUT2D eigenvalue weighted by molar-refractivity contribution is 7.86. The van der Waals surface area contributed by atoms with Crippen molar-refractivity contribution in [3.63, 3.8) is 0 Å². The molecule has 0 unspecified atom stereocenters. The van der Waals surface area contributed by atoms with Crippen molar-refractivity contribution in [3.8, 4) is 0 Å². The van der Waals surface area contributed by atoms with Gasteiger partial charge in [-0.3, -0.25) is 14.7 Å². The molecule has 0 fully saturated rings. The first-order chi connectivity index (χ1) is 9.11. The lowest BCUT2D eigenvalue weighted by Gasteiger charge is -2.03. The van der Waals surface area contributed by atoms with E-state index in [4.69, 9.17) is 21.8 Å². The van der Waals surface area contributed by atoms with Gasteiger partial charge < -0.3 is 17.2 Å². The topological polar surface area (TPSA) is 200 Å². The summed E-state index contributed by atoms with van der Waals surface area (Å²) in [5.74, 6) is -0.898. The molecular formula is C8H10N6O5S. The molecule has 0 heterocycles. The first-order valence-corrected chi connectivity index (χ1v) is 6.25. The van der Waals surface area contributed by atoms with Gasteiger partial charge in [-0.2, -0.15) is 13.4 Å². The molecule has 108 valence electrons. The summed E-state index contributed by atoms with van der Waals surface area (Å²) in [4.78, 5) is 15.8. The van der Waals surface area contributed by atoms with E-state index in [1.54, 1.807) is 0 Å². The number of nitrogens with zero attached hydrogens (tertiary/aromatic N) is 3. The van der Waals surface area contributed by atoms with Crippen molar-refractivity contribution >= 4 is 33.4 Å². The maximum atomic E-state index is 11.2. The third-order valence-electron chi connectivity index (χ3n) is 1.91.